The zero-order valence-corrected chi connectivity index (χ0v) is 17.5. The summed E-state index contributed by atoms with van der Waals surface area (Å²) in [6.07, 6.45) is 6.10. The van der Waals surface area contributed by atoms with Crippen LogP contribution in [-0.2, 0) is 24.8 Å². The number of anilines is 1. The smallest absolute Gasteiger partial charge is 0.242 e. The quantitative estimate of drug-likeness (QED) is 0.717. The van der Waals surface area contributed by atoms with Crippen LogP contribution in [0.15, 0.2) is 29.2 Å². The Hall–Kier alpha value is -1.65. The van der Waals surface area contributed by atoms with Crippen molar-refractivity contribution in [3.63, 3.8) is 0 Å². The summed E-state index contributed by atoms with van der Waals surface area (Å²) in [6, 6.07) is 5.54. The lowest BCUT2D eigenvalue weighted by Crippen LogP contribution is -2.44. The van der Waals surface area contributed by atoms with Gasteiger partial charge in [0, 0.05) is 20.1 Å². The number of amides is 1. The number of carbonyl (C=O) groups excluding carboxylic acids is 1. The Labute approximate surface area is 161 Å². The minimum absolute atomic E-state index is 0.0522. The fourth-order valence-electron chi connectivity index (χ4n) is 3.05. The molecule has 2 rings (SSSR count). The van der Waals surface area contributed by atoms with Crippen molar-refractivity contribution in [1.29, 1.82) is 0 Å². The summed E-state index contributed by atoms with van der Waals surface area (Å²) in [5.41, 5.74) is 0.244. The van der Waals surface area contributed by atoms with Crippen LogP contribution in [0.3, 0.4) is 0 Å². The molecule has 1 saturated carbocycles. The van der Waals surface area contributed by atoms with Crippen molar-refractivity contribution in [2.75, 3.05) is 31.2 Å². The largest absolute Gasteiger partial charge is 0.352 e. The van der Waals surface area contributed by atoms with Crippen LogP contribution in [-0.4, -0.2) is 60.0 Å². The van der Waals surface area contributed by atoms with E-state index in [-0.39, 0.29) is 29.1 Å². The Morgan fingerprint density at radius 1 is 1.04 bits per heavy atom. The molecule has 1 fully saturated rings. The highest BCUT2D eigenvalue weighted by atomic mass is 32.2. The molecular formula is C17H27N3O5S2. The van der Waals surface area contributed by atoms with Gasteiger partial charge >= 0.3 is 0 Å². The Balaban J connectivity index is 2.18. The fraction of sp³-hybridized carbons (Fsp3) is 0.588. The highest BCUT2D eigenvalue weighted by Crippen LogP contribution is 2.22. The molecule has 1 aromatic carbocycles. The third kappa shape index (κ3) is 5.66. The first kappa shape index (κ1) is 21.6. The molecule has 0 bridgehead atoms. The zero-order valence-electron chi connectivity index (χ0n) is 15.9. The molecule has 0 atom stereocenters. The molecule has 0 spiro atoms. The molecule has 0 radical (unpaired) electrons. The highest BCUT2D eigenvalue weighted by Gasteiger charge is 2.24. The number of hydrogen-bond acceptors (Lipinski definition) is 5. The van der Waals surface area contributed by atoms with E-state index in [0.29, 0.717) is 0 Å². The van der Waals surface area contributed by atoms with E-state index < -0.39 is 20.0 Å². The monoisotopic (exact) mass is 417 g/mol. The standard InChI is InChI=1S/C17H27N3O5S2/c1-19(2)27(24,25)16-11-9-15(10-12-16)20(26(3,22)23)13-17(21)18-14-7-5-4-6-8-14/h9-12,14H,4-8,13H2,1-3H3,(H,18,21). The molecule has 1 aliphatic rings. The molecule has 10 heteroatoms. The molecule has 1 amide bonds. The summed E-state index contributed by atoms with van der Waals surface area (Å²) >= 11 is 0. The van der Waals surface area contributed by atoms with Gasteiger partial charge in [0.05, 0.1) is 16.8 Å². The van der Waals surface area contributed by atoms with Gasteiger partial charge in [-0.1, -0.05) is 19.3 Å². The van der Waals surface area contributed by atoms with Crippen molar-refractivity contribution >= 4 is 31.6 Å². The Morgan fingerprint density at radius 3 is 2.07 bits per heavy atom. The second kappa shape index (κ2) is 8.57. The number of hydrogen-bond donors (Lipinski definition) is 1. The minimum Gasteiger partial charge on any atom is -0.352 e. The van der Waals surface area contributed by atoms with E-state index in [4.69, 9.17) is 0 Å². The van der Waals surface area contributed by atoms with Gasteiger partial charge in [0.15, 0.2) is 0 Å². The summed E-state index contributed by atoms with van der Waals surface area (Å²) in [4.78, 5) is 12.4. The molecule has 1 N–H and O–H groups in total. The van der Waals surface area contributed by atoms with Crippen molar-refractivity contribution in [2.45, 2.75) is 43.0 Å². The zero-order chi connectivity index (χ0) is 20.2. The van der Waals surface area contributed by atoms with Gasteiger partial charge in [-0.15, -0.1) is 0 Å². The van der Waals surface area contributed by atoms with E-state index in [0.717, 1.165) is 47.0 Å². The molecule has 152 valence electrons. The van der Waals surface area contributed by atoms with Crippen molar-refractivity contribution < 1.29 is 21.6 Å². The minimum atomic E-state index is -3.71. The lowest BCUT2D eigenvalue weighted by molar-refractivity contribution is -0.120. The number of nitrogens with one attached hydrogen (secondary N) is 1. The molecule has 0 heterocycles. The summed E-state index contributed by atoms with van der Waals surface area (Å²) < 4.78 is 50.7. The topological polar surface area (TPSA) is 104 Å². The van der Waals surface area contributed by atoms with Gasteiger partial charge in [0.2, 0.25) is 26.0 Å². The van der Waals surface area contributed by atoms with Gasteiger partial charge in [-0.25, -0.2) is 21.1 Å². The van der Waals surface area contributed by atoms with E-state index in [2.05, 4.69) is 5.32 Å². The van der Waals surface area contributed by atoms with E-state index >= 15 is 0 Å². The SMILES string of the molecule is CN(C)S(=O)(=O)c1ccc(N(CC(=O)NC2CCCCC2)S(C)(=O)=O)cc1. The molecule has 1 aliphatic carbocycles. The molecule has 1 aromatic rings. The molecule has 8 nitrogen and oxygen atoms in total. The third-order valence-electron chi connectivity index (χ3n) is 4.56. The predicted molar refractivity (Wildman–Crippen MR) is 105 cm³/mol. The number of rotatable bonds is 7. The van der Waals surface area contributed by atoms with Gasteiger partial charge in [0.25, 0.3) is 0 Å². The summed E-state index contributed by atoms with van der Waals surface area (Å²) in [6.45, 7) is -0.338. The first-order chi connectivity index (χ1) is 12.5. The normalized spacial score (nSPS) is 16.3. The van der Waals surface area contributed by atoms with E-state index in [1.165, 1.54) is 38.4 Å². The average molecular weight is 418 g/mol. The van der Waals surface area contributed by atoms with E-state index in [1.807, 2.05) is 0 Å². The van der Waals surface area contributed by atoms with Crippen molar-refractivity contribution in [1.82, 2.24) is 9.62 Å². The van der Waals surface area contributed by atoms with Crippen LogP contribution >= 0.6 is 0 Å². The Kier molecular flexibility index (Phi) is 6.87. The number of benzene rings is 1. The third-order valence-corrected chi connectivity index (χ3v) is 7.53. The molecule has 0 saturated heterocycles. The second-order valence-electron chi connectivity index (χ2n) is 6.95. The first-order valence-corrected chi connectivity index (χ1v) is 12.1. The number of nitrogens with zero attached hydrogens (tertiary/aromatic N) is 2. The Morgan fingerprint density at radius 2 is 1.59 bits per heavy atom. The van der Waals surface area contributed by atoms with Gasteiger partial charge in [-0.05, 0) is 37.1 Å². The number of carbonyl (C=O) groups is 1. The van der Waals surface area contributed by atoms with Crippen LogP contribution in [0, 0.1) is 0 Å². The summed E-state index contributed by atoms with van der Waals surface area (Å²) in [7, 11) is -4.48. The van der Waals surface area contributed by atoms with Crippen molar-refractivity contribution in [2.24, 2.45) is 0 Å². The van der Waals surface area contributed by atoms with Crippen LogP contribution < -0.4 is 9.62 Å². The molecule has 27 heavy (non-hydrogen) atoms. The van der Waals surface area contributed by atoms with Crippen LogP contribution in [0.25, 0.3) is 0 Å². The first-order valence-electron chi connectivity index (χ1n) is 8.81. The maximum absolute atomic E-state index is 12.3. The maximum atomic E-state index is 12.3. The lowest BCUT2D eigenvalue weighted by Gasteiger charge is -2.26. The van der Waals surface area contributed by atoms with Gasteiger partial charge in [-0.3, -0.25) is 9.10 Å². The van der Waals surface area contributed by atoms with Gasteiger partial charge < -0.3 is 5.32 Å². The van der Waals surface area contributed by atoms with Crippen molar-refractivity contribution in [3.8, 4) is 0 Å². The molecule has 0 aromatic heterocycles. The molecular weight excluding hydrogens is 390 g/mol. The average Bonchev–Trinajstić information content (AvgIpc) is 2.59. The summed E-state index contributed by atoms with van der Waals surface area (Å²) in [5.74, 6) is -0.364. The predicted octanol–water partition coefficient (Wildman–Crippen LogP) is 1.15. The molecule has 0 aliphatic heterocycles. The second-order valence-corrected chi connectivity index (χ2v) is 11.0. The lowest BCUT2D eigenvalue weighted by atomic mass is 9.95. The van der Waals surface area contributed by atoms with Crippen LogP contribution in [0.4, 0.5) is 5.69 Å². The van der Waals surface area contributed by atoms with Gasteiger partial charge in [0.1, 0.15) is 6.54 Å². The maximum Gasteiger partial charge on any atom is 0.242 e. The molecule has 0 unspecified atom stereocenters. The van der Waals surface area contributed by atoms with Crippen LogP contribution in [0.1, 0.15) is 32.1 Å². The van der Waals surface area contributed by atoms with Crippen LogP contribution in [0.2, 0.25) is 0 Å². The number of sulfonamides is 2. The van der Waals surface area contributed by atoms with E-state index in [1.54, 1.807) is 0 Å². The van der Waals surface area contributed by atoms with Crippen molar-refractivity contribution in [3.05, 3.63) is 24.3 Å². The van der Waals surface area contributed by atoms with Crippen LogP contribution in [0.5, 0.6) is 0 Å². The highest BCUT2D eigenvalue weighted by molar-refractivity contribution is 7.92. The van der Waals surface area contributed by atoms with Gasteiger partial charge in [-0.2, -0.15) is 0 Å². The summed E-state index contributed by atoms with van der Waals surface area (Å²) in [5, 5.41) is 2.89. The Bertz CT molecular complexity index is 858. The fourth-order valence-corrected chi connectivity index (χ4v) is 4.80. The van der Waals surface area contributed by atoms with E-state index in [9.17, 15) is 21.6 Å².